The first-order valence-corrected chi connectivity index (χ1v) is 8.03. The molecule has 4 heteroatoms. The van der Waals surface area contributed by atoms with Gasteiger partial charge in [0.2, 0.25) is 5.91 Å². The minimum Gasteiger partial charge on any atom is -0.488 e. The van der Waals surface area contributed by atoms with Crippen molar-refractivity contribution >= 4 is 5.91 Å². The Balaban J connectivity index is 1.92. The van der Waals surface area contributed by atoms with E-state index in [2.05, 4.69) is 24.4 Å². The smallest absolute Gasteiger partial charge is 0.222 e. The fraction of sp³-hybridized carbons (Fsp3) is 0.611. The second kappa shape index (κ2) is 6.69. The number of carbonyl (C=O) groups excluding carboxylic acids is 1. The monoisotopic (exact) mass is 304 g/mol. The molecule has 1 fully saturated rings. The first-order valence-electron chi connectivity index (χ1n) is 8.03. The van der Waals surface area contributed by atoms with Crippen molar-refractivity contribution in [2.75, 3.05) is 13.6 Å². The highest BCUT2D eigenvalue weighted by Gasteiger charge is 2.24. The Morgan fingerprint density at radius 2 is 1.91 bits per heavy atom. The summed E-state index contributed by atoms with van der Waals surface area (Å²) >= 11 is 0. The van der Waals surface area contributed by atoms with Crippen molar-refractivity contribution in [1.82, 2.24) is 10.2 Å². The van der Waals surface area contributed by atoms with E-state index in [9.17, 15) is 4.79 Å². The summed E-state index contributed by atoms with van der Waals surface area (Å²) in [5.74, 6) is 1.14. The average Bonchev–Trinajstić information content (AvgIpc) is 2.42. The van der Waals surface area contributed by atoms with E-state index < -0.39 is 0 Å². The number of amides is 1. The van der Waals surface area contributed by atoms with Crippen LogP contribution in [-0.4, -0.2) is 36.0 Å². The lowest BCUT2D eigenvalue weighted by Gasteiger charge is -2.32. The van der Waals surface area contributed by atoms with E-state index in [1.54, 1.807) is 0 Å². The lowest BCUT2D eigenvalue weighted by Crippen LogP contribution is -2.47. The summed E-state index contributed by atoms with van der Waals surface area (Å²) in [6.45, 7) is 9.09. The number of rotatable bonds is 4. The third-order valence-corrected chi connectivity index (χ3v) is 3.92. The number of hydrogen-bond donors (Lipinski definition) is 1. The lowest BCUT2D eigenvalue weighted by atomic mass is 10.0. The Morgan fingerprint density at radius 3 is 2.45 bits per heavy atom. The van der Waals surface area contributed by atoms with E-state index in [1.165, 1.54) is 5.56 Å². The van der Waals surface area contributed by atoms with Crippen molar-refractivity contribution in [3.05, 3.63) is 29.8 Å². The summed E-state index contributed by atoms with van der Waals surface area (Å²) in [7, 11) is 1.87. The molecule has 1 aliphatic heterocycles. The van der Waals surface area contributed by atoms with Crippen molar-refractivity contribution in [1.29, 1.82) is 0 Å². The molecule has 0 aromatic heterocycles. The number of likely N-dealkylation sites (tertiary alicyclic amines) is 1. The maximum atomic E-state index is 11.5. The largest absolute Gasteiger partial charge is 0.488 e. The highest BCUT2D eigenvalue weighted by molar-refractivity contribution is 5.76. The maximum Gasteiger partial charge on any atom is 0.222 e. The standard InChI is InChI=1S/C18H28N2O2/c1-13(19-15-8-11-17(21)20(5)12-15)14-6-9-16(10-7-14)22-18(2,3)4/h6-7,9-10,13,15,19H,8,11-12H2,1-5H3/t13-,15+/m0/s1. The van der Waals surface area contributed by atoms with Crippen molar-refractivity contribution in [2.24, 2.45) is 0 Å². The normalized spacial score (nSPS) is 20.9. The minimum absolute atomic E-state index is 0.176. The van der Waals surface area contributed by atoms with E-state index in [-0.39, 0.29) is 17.6 Å². The van der Waals surface area contributed by atoms with Gasteiger partial charge < -0.3 is 15.0 Å². The Labute approximate surface area is 133 Å². The molecule has 0 radical (unpaired) electrons. The van der Waals surface area contributed by atoms with Gasteiger partial charge >= 0.3 is 0 Å². The first kappa shape index (κ1) is 16.8. The number of carbonyl (C=O) groups is 1. The minimum atomic E-state index is -0.176. The van der Waals surface area contributed by atoms with Gasteiger partial charge in [-0.05, 0) is 51.8 Å². The fourth-order valence-corrected chi connectivity index (χ4v) is 2.78. The molecule has 22 heavy (non-hydrogen) atoms. The molecule has 1 heterocycles. The number of benzene rings is 1. The van der Waals surface area contributed by atoms with Crippen LogP contribution < -0.4 is 10.1 Å². The summed E-state index contributed by atoms with van der Waals surface area (Å²) < 4.78 is 5.85. The topological polar surface area (TPSA) is 41.6 Å². The molecule has 1 saturated heterocycles. The Morgan fingerprint density at radius 1 is 1.27 bits per heavy atom. The van der Waals surface area contributed by atoms with Gasteiger partial charge in [-0.2, -0.15) is 0 Å². The zero-order valence-corrected chi connectivity index (χ0v) is 14.3. The van der Waals surface area contributed by atoms with Crippen molar-refractivity contribution in [3.63, 3.8) is 0 Å². The van der Waals surface area contributed by atoms with Gasteiger partial charge in [-0.3, -0.25) is 4.79 Å². The second-order valence-electron chi connectivity index (χ2n) is 7.18. The van der Waals surface area contributed by atoms with Gasteiger partial charge in [-0.25, -0.2) is 0 Å². The third-order valence-electron chi connectivity index (χ3n) is 3.92. The number of likely N-dealkylation sites (N-methyl/N-ethyl adjacent to an activating group) is 1. The van der Waals surface area contributed by atoms with Crippen LogP contribution in [0.3, 0.4) is 0 Å². The number of ether oxygens (including phenoxy) is 1. The number of nitrogens with one attached hydrogen (secondary N) is 1. The number of nitrogens with zero attached hydrogens (tertiary/aromatic N) is 1. The predicted molar refractivity (Wildman–Crippen MR) is 89.0 cm³/mol. The summed E-state index contributed by atoms with van der Waals surface area (Å²) in [4.78, 5) is 13.3. The van der Waals surface area contributed by atoms with Crippen LogP contribution in [0.1, 0.15) is 52.1 Å². The van der Waals surface area contributed by atoms with Crippen LogP contribution in [0.2, 0.25) is 0 Å². The molecule has 1 aromatic carbocycles. The molecule has 0 unspecified atom stereocenters. The van der Waals surface area contributed by atoms with Crippen LogP contribution in [0.5, 0.6) is 5.75 Å². The van der Waals surface area contributed by atoms with Gasteiger partial charge in [-0.15, -0.1) is 0 Å². The maximum absolute atomic E-state index is 11.5. The zero-order valence-electron chi connectivity index (χ0n) is 14.3. The molecule has 1 aliphatic rings. The molecule has 122 valence electrons. The fourth-order valence-electron chi connectivity index (χ4n) is 2.78. The lowest BCUT2D eigenvalue weighted by molar-refractivity contribution is -0.132. The first-order chi connectivity index (χ1) is 10.2. The van der Waals surface area contributed by atoms with Crippen molar-refractivity contribution in [2.45, 2.75) is 58.2 Å². The molecule has 4 nitrogen and oxygen atoms in total. The molecule has 1 N–H and O–H groups in total. The molecular weight excluding hydrogens is 276 g/mol. The van der Waals surface area contributed by atoms with Gasteiger partial charge in [0.05, 0.1) is 0 Å². The third kappa shape index (κ3) is 4.73. The van der Waals surface area contributed by atoms with E-state index in [4.69, 9.17) is 4.74 Å². The van der Waals surface area contributed by atoms with Crippen LogP contribution >= 0.6 is 0 Å². The molecule has 0 spiro atoms. The molecule has 1 aromatic rings. The van der Waals surface area contributed by atoms with Crippen LogP contribution in [0.4, 0.5) is 0 Å². The van der Waals surface area contributed by atoms with Crippen LogP contribution in [0.25, 0.3) is 0 Å². The molecule has 1 amide bonds. The highest BCUT2D eigenvalue weighted by Crippen LogP contribution is 2.22. The summed E-state index contributed by atoms with van der Waals surface area (Å²) in [6, 6.07) is 8.88. The van der Waals surface area contributed by atoms with E-state index in [0.29, 0.717) is 12.5 Å². The van der Waals surface area contributed by atoms with Crippen molar-refractivity contribution in [3.8, 4) is 5.75 Å². The summed E-state index contributed by atoms with van der Waals surface area (Å²) in [5, 5.41) is 3.62. The SMILES string of the molecule is C[C@H](N[C@@H]1CCC(=O)N(C)C1)c1ccc(OC(C)(C)C)cc1. The van der Waals surface area contributed by atoms with Crippen LogP contribution in [-0.2, 0) is 4.79 Å². The van der Waals surface area contributed by atoms with E-state index in [1.807, 2.05) is 44.9 Å². The molecule has 2 atom stereocenters. The van der Waals surface area contributed by atoms with Crippen molar-refractivity contribution < 1.29 is 9.53 Å². The van der Waals surface area contributed by atoms with E-state index >= 15 is 0 Å². The zero-order chi connectivity index (χ0) is 16.3. The molecule has 0 bridgehead atoms. The van der Waals surface area contributed by atoms with Gasteiger partial charge in [0.15, 0.2) is 0 Å². The average molecular weight is 304 g/mol. The van der Waals surface area contributed by atoms with E-state index in [0.717, 1.165) is 18.7 Å². The summed E-state index contributed by atoms with van der Waals surface area (Å²) in [5.41, 5.74) is 1.06. The van der Waals surface area contributed by atoms with Gasteiger partial charge in [-0.1, -0.05) is 12.1 Å². The Kier molecular flexibility index (Phi) is 5.12. The molecule has 0 aliphatic carbocycles. The van der Waals surface area contributed by atoms with Gasteiger partial charge in [0, 0.05) is 32.1 Å². The molecular formula is C18H28N2O2. The second-order valence-corrected chi connectivity index (χ2v) is 7.18. The van der Waals surface area contributed by atoms with Crippen LogP contribution in [0.15, 0.2) is 24.3 Å². The van der Waals surface area contributed by atoms with Gasteiger partial charge in [0.25, 0.3) is 0 Å². The Bertz CT molecular complexity index is 505. The highest BCUT2D eigenvalue weighted by atomic mass is 16.5. The quantitative estimate of drug-likeness (QED) is 0.929. The summed E-state index contributed by atoms with van der Waals surface area (Å²) in [6.07, 6.45) is 1.55. The van der Waals surface area contributed by atoms with Crippen LogP contribution in [0, 0.1) is 0 Å². The Hall–Kier alpha value is -1.55. The van der Waals surface area contributed by atoms with Gasteiger partial charge in [0.1, 0.15) is 11.4 Å². The number of hydrogen-bond acceptors (Lipinski definition) is 3. The predicted octanol–water partition coefficient (Wildman–Crippen LogP) is 3.14. The molecule has 2 rings (SSSR count). The number of piperidine rings is 1. The molecule has 0 saturated carbocycles.